The third-order valence-corrected chi connectivity index (χ3v) is 8.81. The van der Waals surface area contributed by atoms with Gasteiger partial charge in [0.2, 0.25) is 11.8 Å². The molecule has 3 aliphatic heterocycles. The number of aromatic amines is 1. The highest BCUT2D eigenvalue weighted by molar-refractivity contribution is 6.02. The lowest BCUT2D eigenvalue weighted by atomic mass is 9.76. The van der Waals surface area contributed by atoms with E-state index in [4.69, 9.17) is 9.47 Å². The fourth-order valence-electron chi connectivity index (χ4n) is 6.63. The van der Waals surface area contributed by atoms with Gasteiger partial charge in [-0.3, -0.25) is 14.4 Å². The van der Waals surface area contributed by atoms with Gasteiger partial charge in [-0.2, -0.15) is 0 Å². The Balaban J connectivity index is 1.35. The van der Waals surface area contributed by atoms with E-state index >= 15 is 0 Å². The minimum atomic E-state index is -0.668. The Labute approximate surface area is 246 Å². The molecule has 1 aromatic heterocycles. The molecule has 228 valence electrons. The molecule has 5 rings (SSSR count). The van der Waals surface area contributed by atoms with Gasteiger partial charge in [0.1, 0.15) is 23.1 Å². The number of piperidine rings is 1. The van der Waals surface area contributed by atoms with Gasteiger partial charge in [-0.15, -0.1) is 0 Å². The molecule has 4 amide bonds. The molecule has 11 nitrogen and oxygen atoms in total. The van der Waals surface area contributed by atoms with Gasteiger partial charge in [0, 0.05) is 49.0 Å². The number of carbonyl (C=O) groups is 4. The largest absolute Gasteiger partial charge is 0.496 e. The number of likely N-dealkylation sites (tertiary alicyclic amines) is 2. The lowest BCUT2D eigenvalue weighted by molar-refractivity contribution is -0.127. The number of H-pyrrole nitrogens is 1. The maximum atomic E-state index is 14.0. The Morgan fingerprint density at radius 3 is 2.57 bits per heavy atom. The van der Waals surface area contributed by atoms with Crippen molar-refractivity contribution in [1.82, 2.24) is 25.4 Å². The number of ether oxygens (including phenoxy) is 2. The molecule has 3 N–H and O–H groups in total. The predicted molar refractivity (Wildman–Crippen MR) is 157 cm³/mol. The molecule has 3 aliphatic rings. The number of hydrogen-bond donors (Lipinski definition) is 3. The SMILES string of the molecule is COc1cccc2[nH]c(C(=O)N3CC4(CCN(C(=O)OC(C)(C)C)CC4)CC3C(=O)NC(C)CC3CCNC3=O)cc12. The zero-order chi connectivity index (χ0) is 30.2. The first-order valence-corrected chi connectivity index (χ1v) is 14.9. The summed E-state index contributed by atoms with van der Waals surface area (Å²) in [5.41, 5.74) is 0.298. The summed E-state index contributed by atoms with van der Waals surface area (Å²) in [7, 11) is 1.59. The van der Waals surface area contributed by atoms with E-state index in [-0.39, 0.29) is 41.2 Å². The van der Waals surface area contributed by atoms with Gasteiger partial charge >= 0.3 is 6.09 Å². The Morgan fingerprint density at radius 2 is 1.93 bits per heavy atom. The molecule has 42 heavy (non-hydrogen) atoms. The lowest BCUT2D eigenvalue weighted by Crippen LogP contribution is -2.48. The highest BCUT2D eigenvalue weighted by Crippen LogP contribution is 2.44. The number of nitrogens with zero attached hydrogens (tertiary/aromatic N) is 2. The van der Waals surface area contributed by atoms with Crippen molar-refractivity contribution in [2.45, 2.75) is 77.5 Å². The average molecular weight is 582 g/mol. The van der Waals surface area contributed by atoms with E-state index in [1.807, 2.05) is 45.9 Å². The number of hydrogen-bond acceptors (Lipinski definition) is 6. The fourth-order valence-corrected chi connectivity index (χ4v) is 6.63. The summed E-state index contributed by atoms with van der Waals surface area (Å²) in [6.45, 7) is 9.53. The van der Waals surface area contributed by atoms with Crippen LogP contribution in [0.3, 0.4) is 0 Å². The van der Waals surface area contributed by atoms with Crippen LogP contribution in [0.2, 0.25) is 0 Å². The van der Waals surface area contributed by atoms with Crippen LogP contribution in [-0.2, 0) is 14.3 Å². The van der Waals surface area contributed by atoms with Crippen LogP contribution in [0.15, 0.2) is 24.3 Å². The molecule has 2 aromatic rings. The summed E-state index contributed by atoms with van der Waals surface area (Å²) in [4.78, 5) is 59.2. The summed E-state index contributed by atoms with van der Waals surface area (Å²) in [6.07, 6.45) is 2.81. The summed E-state index contributed by atoms with van der Waals surface area (Å²) in [6, 6.07) is 6.48. The van der Waals surface area contributed by atoms with Crippen molar-refractivity contribution in [1.29, 1.82) is 0 Å². The van der Waals surface area contributed by atoms with Crippen LogP contribution >= 0.6 is 0 Å². The zero-order valence-electron chi connectivity index (χ0n) is 25.2. The van der Waals surface area contributed by atoms with E-state index in [1.165, 1.54) is 0 Å². The third-order valence-electron chi connectivity index (χ3n) is 8.81. The van der Waals surface area contributed by atoms with Crippen molar-refractivity contribution in [3.05, 3.63) is 30.0 Å². The van der Waals surface area contributed by atoms with E-state index < -0.39 is 11.6 Å². The van der Waals surface area contributed by atoms with Crippen molar-refractivity contribution in [3.8, 4) is 5.75 Å². The van der Waals surface area contributed by atoms with E-state index in [2.05, 4.69) is 15.6 Å². The van der Waals surface area contributed by atoms with Gasteiger partial charge in [-0.05, 0) is 83.4 Å². The Bertz CT molecular complexity index is 1360. The maximum Gasteiger partial charge on any atom is 0.410 e. The van der Waals surface area contributed by atoms with Crippen LogP contribution < -0.4 is 15.4 Å². The van der Waals surface area contributed by atoms with Crippen molar-refractivity contribution >= 4 is 34.7 Å². The highest BCUT2D eigenvalue weighted by Gasteiger charge is 2.51. The molecule has 4 heterocycles. The predicted octanol–water partition coefficient (Wildman–Crippen LogP) is 3.44. The van der Waals surface area contributed by atoms with E-state index in [0.717, 1.165) is 17.3 Å². The van der Waals surface area contributed by atoms with Crippen LogP contribution in [-0.4, -0.2) is 89.6 Å². The number of rotatable bonds is 6. The van der Waals surface area contributed by atoms with Crippen LogP contribution in [0, 0.1) is 11.3 Å². The monoisotopic (exact) mass is 581 g/mol. The van der Waals surface area contributed by atoms with Crippen molar-refractivity contribution in [2.24, 2.45) is 11.3 Å². The minimum Gasteiger partial charge on any atom is -0.496 e. The molecule has 11 heteroatoms. The highest BCUT2D eigenvalue weighted by atomic mass is 16.6. The van der Waals surface area contributed by atoms with Gasteiger partial charge in [-0.1, -0.05) is 6.07 Å². The van der Waals surface area contributed by atoms with Crippen LogP contribution in [0.4, 0.5) is 4.79 Å². The smallest absolute Gasteiger partial charge is 0.410 e. The number of carbonyl (C=O) groups excluding carboxylic acids is 4. The Hall–Kier alpha value is -3.76. The molecule has 3 atom stereocenters. The maximum absolute atomic E-state index is 14.0. The number of fused-ring (bicyclic) bond motifs is 1. The number of aromatic nitrogens is 1. The second-order valence-corrected chi connectivity index (χ2v) is 13.1. The van der Waals surface area contributed by atoms with Gasteiger partial charge in [0.15, 0.2) is 0 Å². The Kier molecular flexibility index (Phi) is 8.13. The van der Waals surface area contributed by atoms with Gasteiger partial charge < -0.3 is 34.9 Å². The summed E-state index contributed by atoms with van der Waals surface area (Å²) in [5.74, 6) is 0.108. The van der Waals surface area contributed by atoms with E-state index in [9.17, 15) is 19.2 Å². The molecule has 0 saturated carbocycles. The molecule has 1 spiro atoms. The first-order chi connectivity index (χ1) is 19.9. The second kappa shape index (κ2) is 11.5. The molecular weight excluding hydrogens is 538 g/mol. The number of nitrogens with one attached hydrogen (secondary N) is 3. The van der Waals surface area contributed by atoms with Crippen LogP contribution in [0.1, 0.15) is 70.3 Å². The standard InChI is InChI=1S/C31H43N5O6/c1-19(15-20-9-12-32-26(20)37)33-27(38)24-17-31(10-13-35(14-11-31)29(40)42-30(2,3)4)18-36(24)28(39)23-16-21-22(34-23)7-6-8-25(21)41-5/h6-8,16,19-20,24,34H,9-15,17-18H2,1-5H3,(H,32,37)(H,33,38). The first kappa shape index (κ1) is 29.7. The summed E-state index contributed by atoms with van der Waals surface area (Å²) >= 11 is 0. The fraction of sp³-hybridized carbons (Fsp3) is 0.613. The molecule has 1 aromatic carbocycles. The van der Waals surface area contributed by atoms with E-state index in [0.29, 0.717) is 63.3 Å². The van der Waals surface area contributed by atoms with Crippen molar-refractivity contribution < 1.29 is 28.7 Å². The Morgan fingerprint density at radius 1 is 1.19 bits per heavy atom. The third kappa shape index (κ3) is 6.19. The number of amides is 4. The van der Waals surface area contributed by atoms with E-state index in [1.54, 1.807) is 23.0 Å². The normalized spacial score (nSPS) is 22.7. The van der Waals surface area contributed by atoms with Crippen LogP contribution in [0.25, 0.3) is 10.9 Å². The molecule has 3 unspecified atom stereocenters. The van der Waals surface area contributed by atoms with Gasteiger partial charge in [0.05, 0.1) is 7.11 Å². The summed E-state index contributed by atoms with van der Waals surface area (Å²) < 4.78 is 11.1. The average Bonchev–Trinajstić information content (AvgIpc) is 3.65. The zero-order valence-corrected chi connectivity index (χ0v) is 25.2. The minimum absolute atomic E-state index is 0.0266. The van der Waals surface area contributed by atoms with Crippen LogP contribution in [0.5, 0.6) is 5.75 Å². The molecule has 3 fully saturated rings. The van der Waals surface area contributed by atoms with Crippen molar-refractivity contribution in [2.75, 3.05) is 33.3 Å². The quantitative estimate of drug-likeness (QED) is 0.479. The molecule has 3 saturated heterocycles. The lowest BCUT2D eigenvalue weighted by Gasteiger charge is -2.39. The summed E-state index contributed by atoms with van der Waals surface area (Å²) in [5, 5.41) is 6.75. The first-order valence-electron chi connectivity index (χ1n) is 14.9. The molecule has 0 bridgehead atoms. The van der Waals surface area contributed by atoms with Crippen molar-refractivity contribution in [3.63, 3.8) is 0 Å². The van der Waals surface area contributed by atoms with Gasteiger partial charge in [0.25, 0.3) is 5.91 Å². The number of benzene rings is 1. The topological polar surface area (TPSA) is 133 Å². The van der Waals surface area contributed by atoms with Gasteiger partial charge in [-0.25, -0.2) is 4.79 Å². The molecule has 0 aliphatic carbocycles. The second-order valence-electron chi connectivity index (χ2n) is 13.1. The molecule has 0 radical (unpaired) electrons. The molecular formula is C31H43N5O6. The number of methoxy groups -OCH3 is 1.